The zero-order valence-electron chi connectivity index (χ0n) is 17.5. The largest absolute Gasteiger partial charge is 0.405 e. The Morgan fingerprint density at radius 1 is 1.17 bits per heavy atom. The van der Waals surface area contributed by atoms with Gasteiger partial charge in [-0.15, -0.1) is 0 Å². The third-order valence-electron chi connectivity index (χ3n) is 5.24. The number of allylic oxidation sites excluding steroid dienone is 2. The van der Waals surface area contributed by atoms with Crippen LogP contribution in [0.3, 0.4) is 0 Å². The Morgan fingerprint density at radius 2 is 1.87 bits per heavy atom. The second-order valence-corrected chi connectivity index (χ2v) is 7.47. The van der Waals surface area contributed by atoms with E-state index in [9.17, 15) is 4.79 Å². The van der Waals surface area contributed by atoms with Crippen molar-refractivity contribution in [1.29, 1.82) is 0 Å². The number of hydrogen-bond acceptors (Lipinski definition) is 7. The topological polar surface area (TPSA) is 119 Å². The van der Waals surface area contributed by atoms with Crippen LogP contribution in [0.4, 0.5) is 5.82 Å². The molecule has 1 aliphatic heterocycles. The lowest BCUT2D eigenvalue weighted by Crippen LogP contribution is -2.47. The third-order valence-corrected chi connectivity index (χ3v) is 5.24. The normalized spacial score (nSPS) is 15.8. The molecule has 0 atom stereocenters. The highest BCUT2D eigenvalue weighted by Crippen LogP contribution is 2.16. The summed E-state index contributed by atoms with van der Waals surface area (Å²) in [5, 5.41) is 0. The van der Waals surface area contributed by atoms with Crippen molar-refractivity contribution in [3.8, 4) is 5.69 Å². The van der Waals surface area contributed by atoms with Crippen LogP contribution in [0.25, 0.3) is 11.4 Å². The molecule has 1 saturated heterocycles. The van der Waals surface area contributed by atoms with Crippen molar-refractivity contribution in [2.24, 2.45) is 17.2 Å². The number of aryl methyl sites for hydroxylation is 1. The standard InChI is InChI=1S/C22H31N7O/c1-27-12-14-28(15-13-27)21-22(30)29(16-18(26-21)4-2-10-23)19-8-6-17(7-9-19)20(25)5-3-11-24/h3,5-9,11,16H,2,4,10,12-15,23-25H2,1H3/b11-3-,20-5-. The van der Waals surface area contributed by atoms with Crippen LogP contribution in [0.5, 0.6) is 0 Å². The minimum absolute atomic E-state index is 0.113. The third kappa shape index (κ3) is 5.08. The molecule has 30 heavy (non-hydrogen) atoms. The van der Waals surface area contributed by atoms with Gasteiger partial charge in [-0.2, -0.15) is 0 Å². The van der Waals surface area contributed by atoms with E-state index in [4.69, 9.17) is 22.2 Å². The second kappa shape index (κ2) is 10.1. The molecule has 0 aliphatic carbocycles. The van der Waals surface area contributed by atoms with Crippen LogP contribution in [-0.4, -0.2) is 54.2 Å². The lowest BCUT2D eigenvalue weighted by molar-refractivity contribution is 0.311. The van der Waals surface area contributed by atoms with Gasteiger partial charge in [-0.25, -0.2) is 4.98 Å². The molecule has 1 aromatic heterocycles. The van der Waals surface area contributed by atoms with Crippen molar-refractivity contribution in [3.05, 3.63) is 70.4 Å². The van der Waals surface area contributed by atoms with Crippen LogP contribution in [-0.2, 0) is 6.42 Å². The van der Waals surface area contributed by atoms with E-state index in [-0.39, 0.29) is 5.56 Å². The van der Waals surface area contributed by atoms with Gasteiger partial charge in [0, 0.05) is 43.8 Å². The molecule has 0 bridgehead atoms. The fourth-order valence-corrected chi connectivity index (χ4v) is 3.42. The highest BCUT2D eigenvalue weighted by atomic mass is 16.1. The number of anilines is 1. The van der Waals surface area contributed by atoms with Crippen LogP contribution >= 0.6 is 0 Å². The van der Waals surface area contributed by atoms with Crippen molar-refractivity contribution in [2.75, 3.05) is 44.7 Å². The summed E-state index contributed by atoms with van der Waals surface area (Å²) in [5.74, 6) is 0.509. The van der Waals surface area contributed by atoms with E-state index in [0.717, 1.165) is 56.0 Å². The number of likely N-dealkylation sites (N-methyl/N-ethyl adjacent to an activating group) is 1. The summed E-state index contributed by atoms with van der Waals surface area (Å²) in [6, 6.07) is 7.58. The van der Waals surface area contributed by atoms with Gasteiger partial charge in [-0.1, -0.05) is 12.1 Å². The summed E-state index contributed by atoms with van der Waals surface area (Å²) >= 11 is 0. The van der Waals surface area contributed by atoms with E-state index in [1.165, 1.54) is 6.20 Å². The first-order chi connectivity index (χ1) is 14.5. The molecular formula is C22H31N7O. The van der Waals surface area contributed by atoms with Crippen LogP contribution in [0.2, 0.25) is 0 Å². The van der Waals surface area contributed by atoms with Gasteiger partial charge in [-0.3, -0.25) is 9.36 Å². The van der Waals surface area contributed by atoms with Crippen molar-refractivity contribution in [2.45, 2.75) is 12.8 Å². The second-order valence-electron chi connectivity index (χ2n) is 7.47. The summed E-state index contributed by atoms with van der Waals surface area (Å²) in [7, 11) is 2.09. The zero-order chi connectivity index (χ0) is 21.5. The Hall–Kier alpha value is -3.10. The lowest BCUT2D eigenvalue weighted by Gasteiger charge is -2.33. The molecule has 1 aliphatic rings. The van der Waals surface area contributed by atoms with E-state index in [0.29, 0.717) is 18.1 Å². The SMILES string of the molecule is CN1CCN(c2nc(CCCN)cn(-c3ccc(/C(N)=C/C=C\N)cc3)c2=O)CC1. The first-order valence-corrected chi connectivity index (χ1v) is 10.2. The number of hydrogen-bond donors (Lipinski definition) is 3. The highest BCUT2D eigenvalue weighted by Gasteiger charge is 2.20. The van der Waals surface area contributed by atoms with Gasteiger partial charge in [-0.05, 0) is 62.5 Å². The number of benzene rings is 1. The van der Waals surface area contributed by atoms with Gasteiger partial charge in [0.1, 0.15) is 0 Å². The quantitative estimate of drug-likeness (QED) is 0.574. The number of nitrogens with two attached hydrogens (primary N) is 3. The Bertz CT molecular complexity index is 954. The van der Waals surface area contributed by atoms with E-state index < -0.39 is 0 Å². The maximum Gasteiger partial charge on any atom is 0.298 e. The molecule has 0 amide bonds. The van der Waals surface area contributed by atoms with Gasteiger partial charge in [0.25, 0.3) is 5.56 Å². The Labute approximate surface area is 177 Å². The fraction of sp³-hybridized carbons (Fsp3) is 0.364. The van der Waals surface area contributed by atoms with Gasteiger partial charge >= 0.3 is 0 Å². The monoisotopic (exact) mass is 409 g/mol. The van der Waals surface area contributed by atoms with Crippen molar-refractivity contribution >= 4 is 11.5 Å². The molecule has 8 heteroatoms. The number of piperazine rings is 1. The van der Waals surface area contributed by atoms with Crippen molar-refractivity contribution < 1.29 is 0 Å². The molecular weight excluding hydrogens is 378 g/mol. The van der Waals surface area contributed by atoms with E-state index in [2.05, 4.69) is 16.8 Å². The van der Waals surface area contributed by atoms with E-state index in [1.807, 2.05) is 30.5 Å². The maximum atomic E-state index is 13.3. The van der Waals surface area contributed by atoms with Crippen molar-refractivity contribution in [3.63, 3.8) is 0 Å². The molecule has 2 aromatic rings. The molecule has 0 saturated carbocycles. The maximum absolute atomic E-state index is 13.3. The zero-order valence-corrected chi connectivity index (χ0v) is 17.5. The minimum Gasteiger partial charge on any atom is -0.405 e. The number of aromatic nitrogens is 2. The average molecular weight is 410 g/mol. The van der Waals surface area contributed by atoms with E-state index in [1.54, 1.807) is 16.7 Å². The van der Waals surface area contributed by atoms with Gasteiger partial charge < -0.3 is 27.0 Å². The first-order valence-electron chi connectivity index (χ1n) is 10.2. The van der Waals surface area contributed by atoms with E-state index >= 15 is 0 Å². The van der Waals surface area contributed by atoms with Crippen LogP contribution in [0.1, 0.15) is 17.7 Å². The smallest absolute Gasteiger partial charge is 0.298 e. The average Bonchev–Trinajstić information content (AvgIpc) is 2.77. The van der Waals surface area contributed by atoms with Gasteiger partial charge in [0.15, 0.2) is 5.82 Å². The molecule has 160 valence electrons. The molecule has 2 heterocycles. The molecule has 0 radical (unpaired) electrons. The van der Waals surface area contributed by atoms with Crippen LogP contribution in [0, 0.1) is 0 Å². The fourth-order valence-electron chi connectivity index (χ4n) is 3.42. The van der Waals surface area contributed by atoms with Crippen molar-refractivity contribution in [1.82, 2.24) is 14.5 Å². The summed E-state index contributed by atoms with van der Waals surface area (Å²) in [6.07, 6.45) is 8.23. The van der Waals surface area contributed by atoms with Gasteiger partial charge in [0.05, 0.1) is 5.69 Å². The summed E-state index contributed by atoms with van der Waals surface area (Å²) in [5.41, 5.74) is 20.1. The molecule has 8 nitrogen and oxygen atoms in total. The predicted octanol–water partition coefficient (Wildman–Crippen LogP) is 0.648. The minimum atomic E-state index is -0.113. The number of rotatable bonds is 7. The molecule has 1 fully saturated rings. The summed E-state index contributed by atoms with van der Waals surface area (Å²) < 4.78 is 1.68. The Balaban J connectivity index is 1.98. The predicted molar refractivity (Wildman–Crippen MR) is 122 cm³/mol. The summed E-state index contributed by atoms with van der Waals surface area (Å²) in [4.78, 5) is 22.3. The van der Waals surface area contributed by atoms with Crippen LogP contribution < -0.4 is 27.7 Å². The first kappa shape index (κ1) is 21.6. The number of nitrogens with zero attached hydrogens (tertiary/aromatic N) is 4. The molecule has 0 spiro atoms. The molecule has 1 aromatic carbocycles. The Morgan fingerprint density at radius 3 is 2.50 bits per heavy atom. The lowest BCUT2D eigenvalue weighted by atomic mass is 10.1. The molecule has 3 rings (SSSR count). The Kier molecular flexibility index (Phi) is 7.26. The highest BCUT2D eigenvalue weighted by molar-refractivity contribution is 5.65. The molecule has 6 N–H and O–H groups in total. The molecule has 0 unspecified atom stereocenters. The van der Waals surface area contributed by atoms with Gasteiger partial charge in [0.2, 0.25) is 0 Å². The van der Waals surface area contributed by atoms with Crippen LogP contribution in [0.15, 0.2) is 53.6 Å². The summed E-state index contributed by atoms with van der Waals surface area (Å²) in [6.45, 7) is 3.97.